The summed E-state index contributed by atoms with van der Waals surface area (Å²) in [7, 11) is 1.29. The van der Waals surface area contributed by atoms with Crippen LogP contribution >= 0.6 is 0 Å². The summed E-state index contributed by atoms with van der Waals surface area (Å²) in [5.41, 5.74) is 0.805. The van der Waals surface area contributed by atoms with Gasteiger partial charge in [0.05, 0.1) is 4.90 Å². The van der Waals surface area contributed by atoms with Crippen LogP contribution in [0.4, 0.5) is 5.69 Å². The fourth-order valence-corrected chi connectivity index (χ4v) is 13.3. The van der Waals surface area contributed by atoms with E-state index in [1.165, 1.54) is 8.88 Å². The Kier molecular flexibility index (Phi) is 6.48. The van der Waals surface area contributed by atoms with Gasteiger partial charge < -0.3 is 26.1 Å². The Labute approximate surface area is 156 Å². The molecule has 0 N–H and O–H groups in total. The Morgan fingerprint density at radius 3 is 2.30 bits per heavy atom. The molecule has 23 heavy (non-hydrogen) atoms. The predicted octanol–water partition coefficient (Wildman–Crippen LogP) is 2.30. The van der Waals surface area contributed by atoms with Crippen molar-refractivity contribution in [2.75, 3.05) is 21.3 Å². The Bertz CT molecular complexity index is 771. The number of para-hydroxylation sites is 1. The number of nitrogens with zero attached hydrogens (tertiary/aromatic N) is 1. The van der Waals surface area contributed by atoms with Gasteiger partial charge >= 0.3 is 8.80 Å². The topological polar surface area (TPSA) is 30.7 Å². The Balaban J connectivity index is 2.78. The third kappa shape index (κ3) is 2.98. The van der Waals surface area contributed by atoms with Gasteiger partial charge in [0.25, 0.3) is 0 Å². The van der Waals surface area contributed by atoms with E-state index in [4.69, 9.17) is 48.5 Å². The van der Waals surface area contributed by atoms with Gasteiger partial charge in [0.1, 0.15) is 5.54 Å². The van der Waals surface area contributed by atoms with Crippen LogP contribution < -0.4 is 0 Å². The van der Waals surface area contributed by atoms with E-state index < -0.39 is 16.0 Å². The molecule has 0 aromatic heterocycles. The van der Waals surface area contributed by atoms with Crippen LogP contribution in [0.2, 0.25) is 5.54 Å². The molecule has 0 radical (unpaired) electrons. The van der Waals surface area contributed by atoms with Crippen molar-refractivity contribution in [1.82, 2.24) is 0 Å². The third-order valence-corrected chi connectivity index (χ3v) is 15.9. The van der Waals surface area contributed by atoms with Crippen LogP contribution in [0.1, 0.15) is 13.3 Å². The zero-order valence-corrected chi connectivity index (χ0v) is 18.4. The van der Waals surface area contributed by atoms with Crippen molar-refractivity contribution in [1.29, 1.82) is 0 Å². The lowest BCUT2D eigenvalue weighted by molar-refractivity contribution is -0.235. The molecule has 0 bridgehead atoms. The predicted molar refractivity (Wildman–Crippen MR) is 107 cm³/mol. The molecule has 0 saturated carbocycles. The molecule has 1 aromatic rings. The largest absolute Gasteiger partial charge is 0.514 e. The molecule has 2 unspecified atom stereocenters. The average Bonchev–Trinajstić information content (AvgIpc) is 2.82. The van der Waals surface area contributed by atoms with Gasteiger partial charge in [0.15, 0.2) is 0 Å². The van der Waals surface area contributed by atoms with Crippen molar-refractivity contribution < 1.29 is 17.3 Å². The third-order valence-electron chi connectivity index (χ3n) is 3.93. The standard InChI is InChI=1S/C13H19NO3S5Si/c1-5-12(23(15-2,16-3)17-4)13-14(18)10-8-6-7-9-11(10)22(13,20)21-19/h6-9,12H,5H2,1-4H3. The zero-order chi connectivity index (χ0) is 17.3. The van der Waals surface area contributed by atoms with Gasteiger partial charge in [-0.2, -0.15) is 0 Å². The molecule has 0 spiro atoms. The fraction of sp³-hybridized carbons (Fsp3) is 0.462. The number of rotatable bonds is 6. The second kappa shape index (κ2) is 7.62. The monoisotopic (exact) mass is 425 g/mol. The summed E-state index contributed by atoms with van der Waals surface area (Å²) in [5, 5.41) is 0.920. The van der Waals surface area contributed by atoms with E-state index in [9.17, 15) is 0 Å². The first kappa shape index (κ1) is 19.5. The van der Waals surface area contributed by atoms with Crippen LogP contribution in [0.3, 0.4) is 0 Å². The van der Waals surface area contributed by atoms with Crippen LogP contribution in [0.15, 0.2) is 29.2 Å². The minimum atomic E-state index is -2.95. The molecule has 1 heterocycles. The minimum Gasteiger partial charge on any atom is -0.426 e. The lowest BCUT2D eigenvalue weighted by Crippen LogP contribution is -2.51. The first-order valence-electron chi connectivity index (χ1n) is 6.90. The van der Waals surface area contributed by atoms with Crippen molar-refractivity contribution >= 4 is 70.8 Å². The molecular weight excluding hydrogens is 407 g/mol. The van der Waals surface area contributed by atoms with Gasteiger partial charge in [-0.1, -0.05) is 19.1 Å². The molecule has 1 aromatic carbocycles. The van der Waals surface area contributed by atoms with Crippen molar-refractivity contribution in [2.24, 2.45) is 0 Å². The van der Waals surface area contributed by atoms with E-state index in [2.05, 4.69) is 6.92 Å². The quantitative estimate of drug-likeness (QED) is 0.395. The van der Waals surface area contributed by atoms with E-state index in [0.29, 0.717) is 0 Å². The van der Waals surface area contributed by atoms with Crippen molar-refractivity contribution in [3.63, 3.8) is 0 Å². The highest BCUT2D eigenvalue weighted by Crippen LogP contribution is 2.41. The van der Waals surface area contributed by atoms with Crippen molar-refractivity contribution in [3.8, 4) is 0 Å². The van der Waals surface area contributed by atoms with Crippen LogP contribution in [0.25, 0.3) is 0 Å². The number of hydrogen-bond acceptors (Lipinski definition) is 6. The maximum Gasteiger partial charge on any atom is 0.514 e. The van der Waals surface area contributed by atoms with Crippen molar-refractivity contribution in [3.05, 3.63) is 24.3 Å². The number of benzene rings is 1. The molecular formula is C13H19NO3S5Si. The molecule has 4 nitrogen and oxygen atoms in total. The molecule has 10 heteroatoms. The molecule has 0 saturated heterocycles. The molecule has 0 fully saturated rings. The van der Waals surface area contributed by atoms with Crippen molar-refractivity contribution in [2.45, 2.75) is 23.8 Å². The van der Waals surface area contributed by atoms with E-state index in [0.717, 1.165) is 22.0 Å². The van der Waals surface area contributed by atoms with E-state index in [1.807, 2.05) is 24.3 Å². The highest BCUT2D eigenvalue weighted by molar-refractivity contribution is 8.72. The fourth-order valence-electron chi connectivity index (χ4n) is 2.85. The van der Waals surface area contributed by atoms with Gasteiger partial charge in [0, 0.05) is 34.5 Å². The molecule has 0 amide bonds. The number of hydrogen-bond donors (Lipinski definition) is 0. The summed E-state index contributed by atoms with van der Waals surface area (Å²) in [6.07, 6.45) is 0.749. The Morgan fingerprint density at radius 1 is 1.26 bits per heavy atom. The summed E-state index contributed by atoms with van der Waals surface area (Å²) >= 11 is 17.1. The first-order valence-corrected chi connectivity index (χ1v) is 13.9. The van der Waals surface area contributed by atoms with Gasteiger partial charge in [-0.3, -0.25) is 3.98 Å². The number of fused-ring (bicyclic) bond motifs is 1. The van der Waals surface area contributed by atoms with E-state index >= 15 is 0 Å². The Hall–Kier alpha value is 0.217. The minimum absolute atomic E-state index is 0.129. The second-order valence-electron chi connectivity index (χ2n) is 4.85. The molecule has 2 atom stereocenters. The summed E-state index contributed by atoms with van der Waals surface area (Å²) < 4.78 is 18.9. The average molecular weight is 426 g/mol. The van der Waals surface area contributed by atoms with Crippen LogP contribution in [0, 0.1) is 0 Å². The van der Waals surface area contributed by atoms with Gasteiger partial charge in [-0.05, 0) is 43.7 Å². The van der Waals surface area contributed by atoms with Crippen LogP contribution in [0.5, 0.6) is 0 Å². The van der Waals surface area contributed by atoms with Crippen LogP contribution in [-0.4, -0.2) is 39.2 Å². The lowest BCUT2D eigenvalue weighted by atomic mass is 10.3. The first-order chi connectivity index (χ1) is 11.0. The van der Waals surface area contributed by atoms with Gasteiger partial charge in [-0.15, -0.1) is 0 Å². The summed E-state index contributed by atoms with van der Waals surface area (Å²) in [6, 6.07) is 7.93. The zero-order valence-electron chi connectivity index (χ0n) is 13.3. The molecule has 0 aliphatic carbocycles. The lowest BCUT2D eigenvalue weighted by Gasteiger charge is -2.31. The van der Waals surface area contributed by atoms with Gasteiger partial charge in [-0.25, -0.2) is 0 Å². The van der Waals surface area contributed by atoms with E-state index in [1.54, 1.807) is 25.3 Å². The smallest absolute Gasteiger partial charge is 0.426 e. The summed E-state index contributed by atoms with van der Waals surface area (Å²) in [6.45, 7) is 2.06. The SMILES string of the molecule is CCC(C1=[N+]([S-])c2ccccc2S1(=S)=S=S)[Si](OC)(OC)OC. The highest BCUT2D eigenvalue weighted by atomic mass is 33.2. The maximum absolute atomic E-state index is 6.03. The highest BCUT2D eigenvalue weighted by Gasteiger charge is 2.55. The molecule has 128 valence electrons. The molecule has 1 aliphatic rings. The maximum atomic E-state index is 6.03. The molecule has 1 aliphatic heterocycles. The second-order valence-corrected chi connectivity index (χ2v) is 15.6. The normalized spacial score (nSPS) is 22.1. The summed E-state index contributed by atoms with van der Waals surface area (Å²) in [5.74, 6) is 0. The Morgan fingerprint density at radius 2 is 1.83 bits per heavy atom. The van der Waals surface area contributed by atoms with Crippen LogP contribution in [-0.2, 0) is 64.5 Å². The van der Waals surface area contributed by atoms with Gasteiger partial charge in [0.2, 0.25) is 10.7 Å². The summed E-state index contributed by atoms with van der Waals surface area (Å²) in [4.78, 5) is 1.03. The van der Waals surface area contributed by atoms with E-state index in [-0.39, 0.29) is 5.54 Å². The molecule has 2 rings (SSSR count).